The lowest BCUT2D eigenvalue weighted by Gasteiger charge is -2.43. The monoisotopic (exact) mass is 740 g/mol. The molecule has 0 radical (unpaired) electrons. The summed E-state index contributed by atoms with van der Waals surface area (Å²) in [5.74, 6) is -0.537. The molecule has 7 atom stereocenters. The minimum Gasteiger partial charge on any atom is -0.410 e. The van der Waals surface area contributed by atoms with Crippen LogP contribution in [-0.4, -0.2) is 89.4 Å². The summed E-state index contributed by atoms with van der Waals surface area (Å²) in [5.41, 5.74) is -3.46. The Kier molecular flexibility index (Phi) is 12.5. The van der Waals surface area contributed by atoms with Gasteiger partial charge in [-0.25, -0.2) is 9.59 Å². The van der Waals surface area contributed by atoms with Crippen LogP contribution in [0, 0.1) is 11.8 Å². The summed E-state index contributed by atoms with van der Waals surface area (Å²) in [4.78, 5) is 62.7. The fraction of sp³-hybridized carbons (Fsp3) is 0.727. The zero-order chi connectivity index (χ0) is 38.2. The van der Waals surface area contributed by atoms with Gasteiger partial charge >= 0.3 is 11.4 Å². The van der Waals surface area contributed by atoms with Gasteiger partial charge in [0.15, 0.2) is 22.9 Å². The number of aliphatic hydroxyl groups excluding tert-OH is 2. The van der Waals surface area contributed by atoms with Gasteiger partial charge in [-0.2, -0.15) is 0 Å². The topological polar surface area (TPSA) is 204 Å². The predicted molar refractivity (Wildman–Crippen MR) is 192 cm³/mol. The highest BCUT2D eigenvalue weighted by Crippen LogP contribution is 2.47. The van der Waals surface area contributed by atoms with Crippen molar-refractivity contribution in [1.29, 1.82) is 0 Å². The Hall–Kier alpha value is -2.78. The first-order valence-corrected chi connectivity index (χ1v) is 22.7. The van der Waals surface area contributed by atoms with Gasteiger partial charge < -0.3 is 33.3 Å². The zero-order valence-corrected chi connectivity index (χ0v) is 33.3. The van der Waals surface area contributed by atoms with Crippen LogP contribution in [0.5, 0.6) is 0 Å². The number of nitrogens with zero attached hydrogens (tertiary/aromatic N) is 2. The van der Waals surface area contributed by atoms with E-state index < -0.39 is 88.7 Å². The minimum absolute atomic E-state index is 0.00688. The lowest BCUT2D eigenvalue weighted by molar-refractivity contribution is -0.148. The van der Waals surface area contributed by atoms with E-state index in [1.54, 1.807) is 0 Å². The van der Waals surface area contributed by atoms with Gasteiger partial charge in [0.25, 0.3) is 11.1 Å². The lowest BCUT2D eigenvalue weighted by Crippen LogP contribution is -2.55. The quantitative estimate of drug-likeness (QED) is 0.217. The average Bonchev–Trinajstić information content (AvgIpc) is 3.44. The smallest absolute Gasteiger partial charge is 0.330 e. The van der Waals surface area contributed by atoms with Crippen LogP contribution in [0.15, 0.2) is 43.7 Å². The van der Waals surface area contributed by atoms with Gasteiger partial charge in [0, 0.05) is 36.4 Å². The molecule has 2 aliphatic heterocycles. The summed E-state index contributed by atoms with van der Waals surface area (Å²) >= 11 is 0. The van der Waals surface area contributed by atoms with Gasteiger partial charge in [0.1, 0.15) is 24.2 Å². The normalized spacial score (nSPS) is 27.1. The molecule has 50 heavy (non-hydrogen) atoms. The number of nitrogens with one attached hydrogen (secondary N) is 2. The molecule has 4 heterocycles. The van der Waals surface area contributed by atoms with Crippen LogP contribution in [-0.2, 0) is 23.1 Å². The number of aromatic nitrogens is 4. The Bertz CT molecular complexity index is 1720. The van der Waals surface area contributed by atoms with Crippen molar-refractivity contribution in [3.05, 3.63) is 66.2 Å². The van der Waals surface area contributed by atoms with Crippen molar-refractivity contribution in [3.63, 3.8) is 0 Å². The van der Waals surface area contributed by atoms with Crippen LogP contribution >= 0.6 is 0 Å². The number of carbonyl (C=O) groups excluding carboxylic acids is 1. The number of carbonyl (C=O) groups is 1. The van der Waals surface area contributed by atoms with Crippen molar-refractivity contribution in [1.82, 2.24) is 19.1 Å². The molecule has 2 fully saturated rings. The van der Waals surface area contributed by atoms with Crippen molar-refractivity contribution in [2.45, 2.75) is 128 Å². The first-order valence-electron chi connectivity index (χ1n) is 16.9. The van der Waals surface area contributed by atoms with E-state index in [0.717, 1.165) is 6.29 Å². The van der Waals surface area contributed by atoms with Crippen LogP contribution in [0.25, 0.3) is 0 Å². The highest BCUT2D eigenvalue weighted by atomic mass is 28.4. The maximum atomic E-state index is 12.2. The second kappa shape index (κ2) is 15.1. The van der Waals surface area contributed by atoms with Crippen molar-refractivity contribution < 1.29 is 33.3 Å². The maximum Gasteiger partial charge on any atom is 0.330 e. The molecular weight excluding hydrogens is 685 g/mol. The first kappa shape index (κ1) is 41.6. The number of aldehydes is 1. The Morgan fingerprint density at radius 3 is 1.64 bits per heavy atom. The van der Waals surface area contributed by atoms with Crippen molar-refractivity contribution in [2.75, 3.05) is 13.2 Å². The molecule has 2 saturated heterocycles. The van der Waals surface area contributed by atoms with Gasteiger partial charge in [-0.1, -0.05) is 55.4 Å². The average molecular weight is 741 g/mol. The molecule has 2 aromatic heterocycles. The van der Waals surface area contributed by atoms with E-state index in [1.807, 2.05) is 13.8 Å². The largest absolute Gasteiger partial charge is 0.410 e. The fourth-order valence-corrected chi connectivity index (χ4v) is 8.37. The molecule has 4 rings (SSSR count). The molecule has 0 amide bonds. The van der Waals surface area contributed by atoms with Gasteiger partial charge in [0.05, 0.1) is 25.4 Å². The van der Waals surface area contributed by atoms with Gasteiger partial charge in [-0.05, 0) is 36.3 Å². The second-order valence-corrected chi connectivity index (χ2v) is 25.9. The Morgan fingerprint density at radius 1 is 0.800 bits per heavy atom. The highest BCUT2D eigenvalue weighted by Gasteiger charge is 2.57. The van der Waals surface area contributed by atoms with E-state index in [9.17, 15) is 34.2 Å². The van der Waals surface area contributed by atoms with Crippen LogP contribution < -0.4 is 22.5 Å². The Morgan fingerprint density at radius 2 is 1.24 bits per heavy atom. The first-order chi connectivity index (χ1) is 22.9. The molecule has 7 unspecified atom stereocenters. The molecule has 2 aromatic rings. The molecule has 0 saturated carbocycles. The van der Waals surface area contributed by atoms with E-state index in [2.05, 4.69) is 77.7 Å². The molecule has 2 aliphatic rings. The minimum atomic E-state index is -2.23. The summed E-state index contributed by atoms with van der Waals surface area (Å²) in [5, 5.41) is 19.9. The molecule has 282 valence electrons. The summed E-state index contributed by atoms with van der Waals surface area (Å²) in [6.45, 7) is 23.9. The van der Waals surface area contributed by atoms with Gasteiger partial charge in [-0.15, -0.1) is 0 Å². The fourth-order valence-electron chi connectivity index (χ4n) is 5.57. The van der Waals surface area contributed by atoms with E-state index in [-0.39, 0.29) is 21.9 Å². The SMILES string of the molecule is CC1C(O[Si](C)(C)C(C)(C)C)C(C=O)OC1n1ccc(=O)[nH]c1=O.CC1C(n2ccc(=O)[nH]c2=O)OC(CO)(CO)C1O[Si](C)(C)C(C)(C)C. The van der Waals surface area contributed by atoms with E-state index in [1.165, 1.54) is 33.7 Å². The summed E-state index contributed by atoms with van der Waals surface area (Å²) in [6.07, 6.45) is 0.292. The number of aliphatic hydroxyl groups is 2. The maximum absolute atomic E-state index is 12.2. The molecule has 0 aliphatic carbocycles. The Labute approximate surface area is 294 Å². The highest BCUT2D eigenvalue weighted by molar-refractivity contribution is 6.74. The molecule has 0 aromatic carbocycles. The van der Waals surface area contributed by atoms with Crippen LogP contribution in [0.1, 0.15) is 67.8 Å². The van der Waals surface area contributed by atoms with Crippen LogP contribution in [0.2, 0.25) is 36.3 Å². The summed E-state index contributed by atoms with van der Waals surface area (Å²) in [7, 11) is -4.34. The molecular formula is C33H56N4O11Si2. The number of aromatic amines is 2. The predicted octanol–water partition coefficient (Wildman–Crippen LogP) is 2.47. The summed E-state index contributed by atoms with van der Waals surface area (Å²) in [6, 6.07) is 2.49. The van der Waals surface area contributed by atoms with Gasteiger partial charge in [0.2, 0.25) is 0 Å². The van der Waals surface area contributed by atoms with E-state index >= 15 is 0 Å². The second-order valence-electron chi connectivity index (χ2n) is 16.4. The standard InChI is InChI=1S/C17H30N2O6Si.C16H26N2O5Si/c1-11-13(25-26(5,6)16(2,3)4)17(9-20,10-21)24-14(11)19-8-7-12(22)18-15(19)23;1-10-13(23-24(5,6)16(2,3)4)11(9-19)22-14(10)18-8-7-12(20)17-15(18)21/h7-8,11,13-14,20-21H,9-10H2,1-6H3,(H,18,22,23);7-11,13-14H,1-6H3,(H,17,20,21). The third-order valence-corrected chi connectivity index (χ3v) is 19.7. The lowest BCUT2D eigenvalue weighted by atomic mass is 9.92. The number of rotatable bonds is 9. The number of ether oxygens (including phenoxy) is 2. The molecule has 0 bridgehead atoms. The van der Waals surface area contributed by atoms with Crippen LogP contribution in [0.4, 0.5) is 0 Å². The number of hydrogen-bond donors (Lipinski definition) is 4. The van der Waals surface area contributed by atoms with Crippen molar-refractivity contribution in [3.8, 4) is 0 Å². The molecule has 0 spiro atoms. The van der Waals surface area contributed by atoms with E-state index in [4.69, 9.17) is 18.3 Å². The molecule has 4 N–H and O–H groups in total. The van der Waals surface area contributed by atoms with Crippen molar-refractivity contribution in [2.24, 2.45) is 11.8 Å². The van der Waals surface area contributed by atoms with Gasteiger partial charge in [-0.3, -0.25) is 28.7 Å². The molecule has 17 heteroatoms. The molecule has 15 nitrogen and oxygen atoms in total. The third-order valence-electron chi connectivity index (χ3n) is 10.8. The number of H-pyrrole nitrogens is 2. The Balaban J connectivity index is 0.000000271. The summed E-state index contributed by atoms with van der Waals surface area (Å²) < 4.78 is 27.2. The third kappa shape index (κ3) is 8.46. The zero-order valence-electron chi connectivity index (χ0n) is 31.3. The van der Waals surface area contributed by atoms with Crippen molar-refractivity contribution >= 4 is 22.9 Å². The van der Waals surface area contributed by atoms with Crippen LogP contribution in [0.3, 0.4) is 0 Å². The number of hydrogen-bond acceptors (Lipinski definition) is 11. The van der Waals surface area contributed by atoms with E-state index in [0.29, 0.717) is 0 Å².